The lowest BCUT2D eigenvalue weighted by Gasteiger charge is -2.37. The minimum atomic E-state index is -0.388. The Morgan fingerprint density at radius 3 is 2.86 bits per heavy atom. The lowest BCUT2D eigenvalue weighted by molar-refractivity contribution is 0.0588. The number of nitrogens with zero attached hydrogens (tertiary/aromatic N) is 2. The molecule has 0 saturated carbocycles. The van der Waals surface area contributed by atoms with E-state index in [1.165, 1.54) is 17.5 Å². The molecule has 1 aliphatic carbocycles. The van der Waals surface area contributed by atoms with Gasteiger partial charge in [0.2, 0.25) is 0 Å². The number of fused-ring (bicyclic) bond motifs is 1. The highest BCUT2D eigenvalue weighted by molar-refractivity contribution is 7.17. The first kappa shape index (κ1) is 20.0. The Bertz CT molecular complexity index is 912. The first-order valence-electron chi connectivity index (χ1n) is 10.3. The van der Waals surface area contributed by atoms with E-state index in [-0.39, 0.29) is 24.0 Å². The summed E-state index contributed by atoms with van der Waals surface area (Å²) < 4.78 is 0. The van der Waals surface area contributed by atoms with E-state index in [2.05, 4.69) is 24.1 Å². The van der Waals surface area contributed by atoms with E-state index >= 15 is 0 Å². The fourth-order valence-corrected chi connectivity index (χ4v) is 5.71. The first-order valence-corrected chi connectivity index (χ1v) is 11.1. The number of amides is 2. The number of anilines is 1. The van der Waals surface area contributed by atoms with Gasteiger partial charge in [-0.05, 0) is 56.2 Å². The van der Waals surface area contributed by atoms with Crippen molar-refractivity contribution in [3.05, 3.63) is 46.1 Å². The number of piperidine rings is 1. The summed E-state index contributed by atoms with van der Waals surface area (Å²) in [5.74, 6) is 0.344. The Morgan fingerprint density at radius 2 is 2.14 bits per heavy atom. The second-order valence-electron chi connectivity index (χ2n) is 8.28. The van der Waals surface area contributed by atoms with Crippen LogP contribution >= 0.6 is 11.3 Å². The molecule has 154 valence electrons. The van der Waals surface area contributed by atoms with E-state index < -0.39 is 0 Å². The topological polar surface area (TPSA) is 82.5 Å². The SMILES string of the molecule is C[C@@H]1CCN(C(=O)c2c(NC(=O)c3cccnc3)sc3c2CC[C@@H](O)C3)[C@H](C)C1. The zero-order valence-corrected chi connectivity index (χ0v) is 17.7. The van der Waals surface area contributed by atoms with Gasteiger partial charge in [0.15, 0.2) is 0 Å². The molecule has 0 aromatic carbocycles. The Balaban J connectivity index is 1.68. The number of likely N-dealkylation sites (tertiary alicyclic amines) is 1. The van der Waals surface area contributed by atoms with Gasteiger partial charge >= 0.3 is 0 Å². The van der Waals surface area contributed by atoms with Crippen molar-refractivity contribution in [1.29, 1.82) is 0 Å². The molecule has 29 heavy (non-hydrogen) atoms. The van der Waals surface area contributed by atoms with E-state index in [4.69, 9.17) is 0 Å². The van der Waals surface area contributed by atoms with Gasteiger partial charge in [0, 0.05) is 36.3 Å². The number of nitrogens with one attached hydrogen (secondary N) is 1. The van der Waals surface area contributed by atoms with Crippen molar-refractivity contribution in [1.82, 2.24) is 9.88 Å². The van der Waals surface area contributed by atoms with Crippen LogP contribution in [0.4, 0.5) is 5.00 Å². The maximum Gasteiger partial charge on any atom is 0.257 e. The number of aromatic nitrogens is 1. The second-order valence-corrected chi connectivity index (χ2v) is 9.38. The molecule has 0 spiro atoms. The van der Waals surface area contributed by atoms with Gasteiger partial charge in [-0.1, -0.05) is 6.92 Å². The first-order chi connectivity index (χ1) is 13.9. The Morgan fingerprint density at radius 1 is 1.31 bits per heavy atom. The molecular formula is C22H27N3O3S. The molecule has 0 bridgehead atoms. The maximum atomic E-state index is 13.6. The minimum absolute atomic E-state index is 0.000207. The van der Waals surface area contributed by atoms with E-state index in [0.717, 1.165) is 29.8 Å². The van der Waals surface area contributed by atoms with E-state index in [1.54, 1.807) is 18.3 Å². The van der Waals surface area contributed by atoms with Gasteiger partial charge in [-0.25, -0.2) is 0 Å². The van der Waals surface area contributed by atoms with Crippen LogP contribution < -0.4 is 5.32 Å². The molecule has 3 atom stereocenters. The molecule has 2 amide bonds. The molecule has 2 aromatic rings. The highest BCUT2D eigenvalue weighted by atomic mass is 32.1. The predicted molar refractivity (Wildman–Crippen MR) is 113 cm³/mol. The summed E-state index contributed by atoms with van der Waals surface area (Å²) in [5.41, 5.74) is 2.07. The average molecular weight is 414 g/mol. The summed E-state index contributed by atoms with van der Waals surface area (Å²) in [4.78, 5) is 33.3. The lowest BCUT2D eigenvalue weighted by Crippen LogP contribution is -2.44. The standard InChI is InChI=1S/C22H27N3O3S/c1-13-7-9-25(14(2)10-13)22(28)19-17-6-5-16(26)11-18(17)29-21(19)24-20(27)15-4-3-8-23-12-15/h3-4,8,12-14,16,26H,5-7,9-11H2,1-2H3,(H,24,27)/t13-,14-,16-/m1/s1. The third-order valence-electron chi connectivity index (χ3n) is 6.00. The molecule has 4 rings (SSSR count). The number of aliphatic hydroxyl groups is 1. The second kappa shape index (κ2) is 8.24. The number of rotatable bonds is 3. The molecule has 1 saturated heterocycles. The number of aliphatic hydroxyl groups excluding tert-OH is 1. The van der Waals surface area contributed by atoms with Crippen LogP contribution in [0.1, 0.15) is 64.3 Å². The Kier molecular flexibility index (Phi) is 5.69. The number of carbonyl (C=O) groups is 2. The number of carbonyl (C=O) groups excluding carboxylic acids is 2. The van der Waals surface area contributed by atoms with Gasteiger partial charge in [-0.3, -0.25) is 14.6 Å². The van der Waals surface area contributed by atoms with E-state index in [0.29, 0.717) is 41.3 Å². The van der Waals surface area contributed by atoms with Crippen LogP contribution in [0.3, 0.4) is 0 Å². The zero-order chi connectivity index (χ0) is 20.5. The summed E-state index contributed by atoms with van der Waals surface area (Å²) in [6.45, 7) is 5.07. The van der Waals surface area contributed by atoms with Crippen molar-refractivity contribution in [2.45, 2.75) is 58.1 Å². The normalized spacial score (nSPS) is 24.1. The molecule has 1 fully saturated rings. The van der Waals surface area contributed by atoms with Gasteiger partial charge in [0.25, 0.3) is 11.8 Å². The van der Waals surface area contributed by atoms with Crippen LogP contribution in [0.15, 0.2) is 24.5 Å². The largest absolute Gasteiger partial charge is 0.393 e. The van der Waals surface area contributed by atoms with E-state index in [1.807, 2.05) is 4.90 Å². The summed E-state index contributed by atoms with van der Waals surface area (Å²) in [7, 11) is 0. The minimum Gasteiger partial charge on any atom is -0.393 e. The monoisotopic (exact) mass is 413 g/mol. The van der Waals surface area contributed by atoms with Gasteiger partial charge in [0.1, 0.15) is 5.00 Å². The zero-order valence-electron chi connectivity index (χ0n) is 16.9. The molecule has 2 N–H and O–H groups in total. The molecule has 3 heterocycles. The quantitative estimate of drug-likeness (QED) is 0.807. The summed E-state index contributed by atoms with van der Waals surface area (Å²) in [5, 5.41) is 13.6. The van der Waals surface area contributed by atoms with Crippen LogP contribution in [0.5, 0.6) is 0 Å². The van der Waals surface area contributed by atoms with Gasteiger partial charge < -0.3 is 15.3 Å². The molecule has 7 heteroatoms. The molecule has 2 aliphatic rings. The molecule has 1 aliphatic heterocycles. The third-order valence-corrected chi connectivity index (χ3v) is 7.17. The van der Waals surface area contributed by atoms with Crippen LogP contribution in [0.25, 0.3) is 0 Å². The third kappa shape index (κ3) is 4.07. The highest BCUT2D eigenvalue weighted by Crippen LogP contribution is 2.40. The summed E-state index contributed by atoms with van der Waals surface area (Å²) in [6.07, 6.45) is 6.59. The van der Waals surface area contributed by atoms with Crippen LogP contribution in [-0.4, -0.2) is 45.5 Å². The van der Waals surface area contributed by atoms with Crippen molar-refractivity contribution in [2.24, 2.45) is 5.92 Å². The van der Waals surface area contributed by atoms with Crippen LogP contribution in [0, 0.1) is 5.92 Å². The number of hydrogen-bond donors (Lipinski definition) is 2. The fraction of sp³-hybridized carbons (Fsp3) is 0.500. The number of thiophene rings is 1. The van der Waals surface area contributed by atoms with Crippen LogP contribution in [0.2, 0.25) is 0 Å². The molecule has 2 aromatic heterocycles. The molecule has 0 radical (unpaired) electrons. The Hall–Kier alpha value is -2.25. The van der Waals surface area contributed by atoms with Crippen LogP contribution in [-0.2, 0) is 12.8 Å². The van der Waals surface area contributed by atoms with Gasteiger partial charge in [-0.2, -0.15) is 0 Å². The molecular weight excluding hydrogens is 386 g/mol. The highest BCUT2D eigenvalue weighted by Gasteiger charge is 2.34. The molecule has 0 unspecified atom stereocenters. The molecule has 6 nitrogen and oxygen atoms in total. The number of hydrogen-bond acceptors (Lipinski definition) is 5. The van der Waals surface area contributed by atoms with E-state index in [9.17, 15) is 14.7 Å². The summed E-state index contributed by atoms with van der Waals surface area (Å²) >= 11 is 1.42. The van der Waals surface area contributed by atoms with Crippen molar-refractivity contribution >= 4 is 28.2 Å². The fourth-order valence-electron chi connectivity index (χ4n) is 4.41. The average Bonchev–Trinajstić information content (AvgIpc) is 3.05. The van der Waals surface area contributed by atoms with Crippen molar-refractivity contribution in [2.75, 3.05) is 11.9 Å². The van der Waals surface area contributed by atoms with Gasteiger partial charge in [0.05, 0.1) is 17.2 Å². The van der Waals surface area contributed by atoms with Crippen molar-refractivity contribution in [3.63, 3.8) is 0 Å². The summed E-state index contributed by atoms with van der Waals surface area (Å²) in [6, 6.07) is 3.60. The smallest absolute Gasteiger partial charge is 0.257 e. The number of pyridine rings is 1. The lowest BCUT2D eigenvalue weighted by atomic mass is 9.90. The maximum absolute atomic E-state index is 13.6. The Labute approximate surface area is 175 Å². The predicted octanol–water partition coefficient (Wildman–Crippen LogP) is 3.51. The van der Waals surface area contributed by atoms with Crippen molar-refractivity contribution in [3.8, 4) is 0 Å². The van der Waals surface area contributed by atoms with Gasteiger partial charge in [-0.15, -0.1) is 11.3 Å². The van der Waals surface area contributed by atoms with Crippen molar-refractivity contribution < 1.29 is 14.7 Å².